The maximum atomic E-state index is 12.9. The molecule has 3 aromatic carbocycles. The highest BCUT2D eigenvalue weighted by atomic mass is 32.2. The van der Waals surface area contributed by atoms with Gasteiger partial charge in [-0.2, -0.15) is 8.42 Å². The molecule has 35 heavy (non-hydrogen) atoms. The predicted octanol–water partition coefficient (Wildman–Crippen LogP) is 4.88. The summed E-state index contributed by atoms with van der Waals surface area (Å²) in [6, 6.07) is 16.8. The average Bonchev–Trinajstić information content (AvgIpc) is 2.86. The van der Waals surface area contributed by atoms with Gasteiger partial charge >= 0.3 is 0 Å². The van der Waals surface area contributed by atoms with Gasteiger partial charge in [0.05, 0.1) is 20.0 Å². The van der Waals surface area contributed by atoms with E-state index in [0.717, 1.165) is 11.1 Å². The van der Waals surface area contributed by atoms with Crippen LogP contribution < -0.4 is 14.2 Å². The third-order valence-corrected chi connectivity index (χ3v) is 6.71. The molecule has 184 valence electrons. The van der Waals surface area contributed by atoms with Crippen LogP contribution in [0.1, 0.15) is 43.1 Å². The number of rotatable bonds is 9. The number of ether oxygens (including phenoxy) is 3. The number of aryl methyl sites for hydroxylation is 1. The second kappa shape index (κ2) is 10.5. The molecule has 0 aromatic heterocycles. The second-order valence-corrected chi connectivity index (χ2v) is 9.76. The van der Waals surface area contributed by atoms with Gasteiger partial charge in [-0.15, -0.1) is 0 Å². The predicted molar refractivity (Wildman–Crippen MR) is 131 cm³/mol. The Morgan fingerprint density at radius 1 is 1.09 bits per heavy atom. The fourth-order valence-corrected chi connectivity index (χ4v) is 4.51. The SMILES string of the molecule is [2H]C(OS(=O)(=O)c1ccc(C)cc1)C([2H])c1c(OCc2ccccc2)cc(OC)c2c1OC(C)CC2=O. The first-order valence-corrected chi connectivity index (χ1v) is 12.5. The maximum Gasteiger partial charge on any atom is 0.296 e. The van der Waals surface area contributed by atoms with E-state index >= 15 is 0 Å². The van der Waals surface area contributed by atoms with E-state index in [1.165, 1.54) is 25.3 Å². The Labute approximate surface area is 208 Å². The summed E-state index contributed by atoms with van der Waals surface area (Å²) >= 11 is 0. The molecule has 7 nitrogen and oxygen atoms in total. The van der Waals surface area contributed by atoms with Crippen LogP contribution in [0.2, 0.25) is 0 Å². The first kappa shape index (κ1) is 22.1. The highest BCUT2D eigenvalue weighted by molar-refractivity contribution is 7.86. The molecule has 3 atom stereocenters. The number of hydrogen-bond acceptors (Lipinski definition) is 7. The van der Waals surface area contributed by atoms with Crippen molar-refractivity contribution in [3.8, 4) is 17.2 Å². The quantitative estimate of drug-likeness (QED) is 0.388. The summed E-state index contributed by atoms with van der Waals surface area (Å²) in [6.45, 7) is 1.77. The minimum Gasteiger partial charge on any atom is -0.496 e. The van der Waals surface area contributed by atoms with Crippen LogP contribution in [0, 0.1) is 6.92 Å². The van der Waals surface area contributed by atoms with Gasteiger partial charge in [-0.05, 0) is 31.5 Å². The van der Waals surface area contributed by atoms with Gasteiger partial charge in [-0.3, -0.25) is 8.98 Å². The lowest BCUT2D eigenvalue weighted by Gasteiger charge is -2.27. The molecule has 0 spiro atoms. The molecule has 0 aliphatic carbocycles. The molecule has 0 radical (unpaired) electrons. The number of benzene rings is 3. The van der Waals surface area contributed by atoms with Gasteiger partial charge in [0.15, 0.2) is 5.78 Å². The van der Waals surface area contributed by atoms with Crippen LogP contribution in [-0.4, -0.2) is 34.0 Å². The Morgan fingerprint density at radius 2 is 1.80 bits per heavy atom. The molecule has 1 aliphatic heterocycles. The maximum absolute atomic E-state index is 12.9. The van der Waals surface area contributed by atoms with Gasteiger partial charge in [0.25, 0.3) is 10.1 Å². The summed E-state index contributed by atoms with van der Waals surface area (Å²) in [5.41, 5.74) is 1.89. The zero-order valence-electron chi connectivity index (χ0n) is 21.7. The lowest BCUT2D eigenvalue weighted by Crippen LogP contribution is -2.26. The third-order valence-electron chi connectivity index (χ3n) is 5.50. The van der Waals surface area contributed by atoms with E-state index in [4.69, 9.17) is 21.1 Å². The van der Waals surface area contributed by atoms with E-state index < -0.39 is 29.2 Å². The van der Waals surface area contributed by atoms with E-state index in [9.17, 15) is 13.2 Å². The van der Waals surface area contributed by atoms with Gasteiger partial charge in [-0.1, -0.05) is 48.0 Å². The molecule has 3 aromatic rings. The highest BCUT2D eigenvalue weighted by Crippen LogP contribution is 2.43. The van der Waals surface area contributed by atoms with Crippen molar-refractivity contribution in [3.05, 3.63) is 82.9 Å². The van der Waals surface area contributed by atoms with Gasteiger partial charge in [0.2, 0.25) is 0 Å². The molecule has 0 N–H and O–H groups in total. The minimum atomic E-state index is -4.33. The zero-order valence-corrected chi connectivity index (χ0v) is 20.5. The molecular formula is C27H28O7S. The first-order valence-electron chi connectivity index (χ1n) is 12.2. The molecule has 4 rings (SSSR count). The monoisotopic (exact) mass is 498 g/mol. The Bertz CT molecular complexity index is 1380. The zero-order chi connectivity index (χ0) is 26.7. The number of fused-ring (bicyclic) bond motifs is 1. The Morgan fingerprint density at radius 3 is 2.49 bits per heavy atom. The smallest absolute Gasteiger partial charge is 0.296 e. The molecule has 8 heteroatoms. The number of carbonyl (C=O) groups excluding carboxylic acids is 1. The van der Waals surface area contributed by atoms with Crippen LogP contribution in [-0.2, 0) is 27.3 Å². The summed E-state index contributed by atoms with van der Waals surface area (Å²) in [4.78, 5) is 12.8. The van der Waals surface area contributed by atoms with Crippen LogP contribution in [0.4, 0.5) is 0 Å². The molecule has 0 saturated carbocycles. The fraction of sp³-hybridized carbons (Fsp3) is 0.296. The number of carbonyl (C=O) groups is 1. The van der Waals surface area contributed by atoms with Crippen LogP contribution in [0.5, 0.6) is 17.2 Å². The topological polar surface area (TPSA) is 88.1 Å². The van der Waals surface area contributed by atoms with Crippen molar-refractivity contribution in [3.63, 3.8) is 0 Å². The molecular weight excluding hydrogens is 468 g/mol. The van der Waals surface area contributed by atoms with Crippen molar-refractivity contribution in [2.24, 2.45) is 0 Å². The summed E-state index contributed by atoms with van der Waals surface area (Å²) in [7, 11) is -2.93. The van der Waals surface area contributed by atoms with Crippen LogP contribution >= 0.6 is 0 Å². The molecule has 3 unspecified atom stereocenters. The summed E-state index contributed by atoms with van der Waals surface area (Å²) in [5.74, 6) is 0.138. The van der Waals surface area contributed by atoms with Gasteiger partial charge in [0.1, 0.15) is 35.5 Å². The van der Waals surface area contributed by atoms with E-state index in [0.29, 0.717) is 0 Å². The lowest BCUT2D eigenvalue weighted by molar-refractivity contribution is 0.0862. The number of hydrogen-bond donors (Lipinski definition) is 0. The second-order valence-electron chi connectivity index (χ2n) is 8.19. The molecule has 0 fully saturated rings. The normalized spacial score (nSPS) is 17.9. The van der Waals surface area contributed by atoms with Crippen molar-refractivity contribution in [2.45, 2.75) is 44.3 Å². The number of methoxy groups -OCH3 is 1. The lowest BCUT2D eigenvalue weighted by atomic mass is 9.95. The van der Waals surface area contributed by atoms with E-state index in [2.05, 4.69) is 0 Å². The molecule has 0 amide bonds. The Hall–Kier alpha value is -3.36. The fourth-order valence-electron chi connectivity index (χ4n) is 3.72. The van der Waals surface area contributed by atoms with E-state index in [-0.39, 0.29) is 52.1 Å². The third kappa shape index (κ3) is 5.66. The number of Topliss-reactive ketones (excluding diaryl/α,β-unsaturated/α-hetero) is 1. The van der Waals surface area contributed by atoms with Crippen molar-refractivity contribution in [1.29, 1.82) is 0 Å². The van der Waals surface area contributed by atoms with Gasteiger partial charge in [0, 0.05) is 25.8 Å². The van der Waals surface area contributed by atoms with Crippen molar-refractivity contribution in [2.75, 3.05) is 13.7 Å². The van der Waals surface area contributed by atoms with Crippen LogP contribution in [0.25, 0.3) is 0 Å². The standard InChI is InChI=1S/C27H28O7S/c1-18-9-11-21(12-10-18)35(29,30)33-14-13-22-24(32-17-20-7-5-4-6-8-20)16-25(31-3)26-23(28)15-19(2)34-27(22)26/h4-12,16,19H,13-15,17H2,1-3H3/i13D,14D. The van der Waals surface area contributed by atoms with Crippen molar-refractivity contribution >= 4 is 15.9 Å². The summed E-state index contributed by atoms with van der Waals surface area (Å²) < 4.78 is 65.5. The van der Waals surface area contributed by atoms with Crippen LogP contribution in [0.3, 0.4) is 0 Å². The number of ketones is 1. The highest BCUT2D eigenvalue weighted by Gasteiger charge is 2.32. The minimum absolute atomic E-state index is 0.0414. The Balaban J connectivity index is 1.74. The summed E-state index contributed by atoms with van der Waals surface area (Å²) in [6.07, 6.45) is -1.98. The molecule has 1 aliphatic rings. The average molecular weight is 499 g/mol. The Kier molecular flexibility index (Phi) is 6.64. The van der Waals surface area contributed by atoms with Crippen LogP contribution in [0.15, 0.2) is 65.6 Å². The van der Waals surface area contributed by atoms with E-state index in [1.54, 1.807) is 19.1 Å². The molecule has 1 heterocycles. The molecule has 0 saturated heterocycles. The van der Waals surface area contributed by atoms with Gasteiger partial charge < -0.3 is 14.2 Å². The van der Waals surface area contributed by atoms with Crippen molar-refractivity contribution in [1.82, 2.24) is 0 Å². The van der Waals surface area contributed by atoms with E-state index in [1.807, 2.05) is 37.3 Å². The summed E-state index contributed by atoms with van der Waals surface area (Å²) in [5, 5.41) is 0. The molecule has 0 bridgehead atoms. The largest absolute Gasteiger partial charge is 0.496 e. The van der Waals surface area contributed by atoms with Gasteiger partial charge in [-0.25, -0.2) is 0 Å². The first-order chi connectivity index (χ1) is 17.6. The van der Waals surface area contributed by atoms with Crippen molar-refractivity contribution < 1.29 is 34.3 Å².